The summed E-state index contributed by atoms with van der Waals surface area (Å²) < 4.78 is 28.1. The third-order valence-corrected chi connectivity index (χ3v) is 8.06. The van der Waals surface area contributed by atoms with Crippen molar-refractivity contribution in [2.75, 3.05) is 6.54 Å². The Morgan fingerprint density at radius 3 is 2.59 bits per heavy atom. The monoisotopic (exact) mass is 453 g/mol. The lowest BCUT2D eigenvalue weighted by atomic mass is 10.1. The van der Waals surface area contributed by atoms with Crippen LogP contribution in [0.15, 0.2) is 64.3 Å². The van der Waals surface area contributed by atoms with Crippen molar-refractivity contribution in [1.82, 2.24) is 14.6 Å². The molecule has 3 aromatic rings. The van der Waals surface area contributed by atoms with E-state index in [2.05, 4.69) is 10.3 Å². The van der Waals surface area contributed by atoms with Crippen molar-refractivity contribution >= 4 is 26.8 Å². The van der Waals surface area contributed by atoms with Crippen LogP contribution in [-0.2, 0) is 10.0 Å². The second kappa shape index (κ2) is 8.88. The summed E-state index contributed by atoms with van der Waals surface area (Å²) in [5.41, 5.74) is 1.07. The van der Waals surface area contributed by atoms with Crippen molar-refractivity contribution in [2.24, 2.45) is 0 Å². The number of rotatable bonds is 5. The Bertz CT molecular complexity index is 1300. The van der Waals surface area contributed by atoms with Gasteiger partial charge in [0.1, 0.15) is 0 Å². The number of piperidine rings is 1. The van der Waals surface area contributed by atoms with Gasteiger partial charge in [-0.25, -0.2) is 8.42 Å². The summed E-state index contributed by atoms with van der Waals surface area (Å²) in [6.45, 7) is 4.25. The molecular weight excluding hydrogens is 426 g/mol. The smallest absolute Gasteiger partial charge is 0.252 e. The van der Waals surface area contributed by atoms with Crippen molar-refractivity contribution < 1.29 is 13.2 Å². The van der Waals surface area contributed by atoms with E-state index < -0.39 is 21.5 Å². The molecule has 0 spiro atoms. The quantitative estimate of drug-likeness (QED) is 0.617. The molecule has 8 heteroatoms. The lowest BCUT2D eigenvalue weighted by molar-refractivity contribution is 0.0941. The van der Waals surface area contributed by atoms with E-state index in [1.54, 1.807) is 6.07 Å². The van der Waals surface area contributed by atoms with E-state index in [0.29, 0.717) is 17.4 Å². The molecule has 0 saturated carbocycles. The maximum atomic E-state index is 13.3. The molecule has 1 aliphatic heterocycles. The van der Waals surface area contributed by atoms with Crippen LogP contribution in [0.25, 0.3) is 10.9 Å². The van der Waals surface area contributed by atoms with Crippen LogP contribution < -0.4 is 10.9 Å². The number of nitrogens with zero attached hydrogens (tertiary/aromatic N) is 1. The predicted octanol–water partition coefficient (Wildman–Crippen LogP) is 3.58. The standard InChI is InChI=1S/C24H27N3O4S/c1-16-8-6-7-13-27(16)32(30,31)19-11-12-22-20(14-19)21(15-23(28)26-22)24(29)25-17(2)18-9-4-3-5-10-18/h3-5,9-12,14-17H,6-8,13H2,1-2H3,(H,25,29)(H,26,28)/t16-,17-/m0/s1. The maximum Gasteiger partial charge on any atom is 0.252 e. The van der Waals surface area contributed by atoms with Crippen LogP contribution in [0.2, 0.25) is 0 Å². The van der Waals surface area contributed by atoms with Crippen LogP contribution in [0.1, 0.15) is 55.1 Å². The topological polar surface area (TPSA) is 99.3 Å². The first-order valence-corrected chi connectivity index (χ1v) is 12.3. The fourth-order valence-electron chi connectivity index (χ4n) is 4.24. The van der Waals surface area contributed by atoms with E-state index >= 15 is 0 Å². The normalized spacial score (nSPS) is 18.4. The van der Waals surface area contributed by atoms with Gasteiger partial charge in [0.15, 0.2) is 0 Å². The van der Waals surface area contributed by atoms with Crippen LogP contribution in [-0.4, -0.2) is 36.2 Å². The first-order valence-electron chi connectivity index (χ1n) is 10.8. The highest BCUT2D eigenvalue weighted by molar-refractivity contribution is 7.89. The molecule has 1 fully saturated rings. The molecule has 0 unspecified atom stereocenters. The molecule has 0 aliphatic carbocycles. The number of fused-ring (bicyclic) bond motifs is 1. The van der Waals surface area contributed by atoms with Crippen LogP contribution in [0, 0.1) is 0 Å². The summed E-state index contributed by atoms with van der Waals surface area (Å²) in [4.78, 5) is 28.1. The van der Waals surface area contributed by atoms with E-state index in [0.717, 1.165) is 24.8 Å². The molecule has 7 nitrogen and oxygen atoms in total. The average molecular weight is 454 g/mol. The number of carbonyl (C=O) groups is 1. The molecule has 1 aromatic heterocycles. The largest absolute Gasteiger partial charge is 0.345 e. The molecule has 0 radical (unpaired) electrons. The highest BCUT2D eigenvalue weighted by Crippen LogP contribution is 2.28. The summed E-state index contributed by atoms with van der Waals surface area (Å²) >= 11 is 0. The Hall–Kier alpha value is -2.97. The van der Waals surface area contributed by atoms with Crippen molar-refractivity contribution in [3.63, 3.8) is 0 Å². The minimum Gasteiger partial charge on any atom is -0.345 e. The Labute approximate surface area is 187 Å². The van der Waals surface area contributed by atoms with Crippen molar-refractivity contribution in [1.29, 1.82) is 0 Å². The number of sulfonamides is 1. The second-order valence-corrected chi connectivity index (χ2v) is 10.2. The van der Waals surface area contributed by atoms with Gasteiger partial charge in [-0.15, -0.1) is 0 Å². The van der Waals surface area contributed by atoms with Gasteiger partial charge in [-0.05, 0) is 50.5 Å². The van der Waals surface area contributed by atoms with E-state index in [-0.39, 0.29) is 22.5 Å². The highest BCUT2D eigenvalue weighted by atomic mass is 32.2. The number of carbonyl (C=O) groups excluding carboxylic acids is 1. The van der Waals surface area contributed by atoms with Gasteiger partial charge < -0.3 is 10.3 Å². The highest BCUT2D eigenvalue weighted by Gasteiger charge is 2.31. The number of aromatic amines is 1. The third-order valence-electron chi connectivity index (χ3n) is 6.05. The van der Waals surface area contributed by atoms with Gasteiger partial charge in [0.25, 0.3) is 5.91 Å². The summed E-state index contributed by atoms with van der Waals surface area (Å²) in [7, 11) is -3.71. The molecule has 168 valence electrons. The number of benzene rings is 2. The van der Waals surface area contributed by atoms with Crippen molar-refractivity contribution in [2.45, 2.75) is 50.1 Å². The van der Waals surface area contributed by atoms with E-state index in [1.807, 2.05) is 44.2 Å². The number of aromatic nitrogens is 1. The Kier molecular flexibility index (Phi) is 6.17. The molecule has 2 atom stereocenters. The molecule has 1 aliphatic rings. The van der Waals surface area contributed by atoms with Gasteiger partial charge in [0.05, 0.1) is 16.5 Å². The first kappa shape index (κ1) is 22.2. The zero-order valence-electron chi connectivity index (χ0n) is 18.2. The number of nitrogens with one attached hydrogen (secondary N) is 2. The molecule has 0 bridgehead atoms. The number of amides is 1. The Morgan fingerprint density at radius 2 is 1.88 bits per heavy atom. The molecule has 2 N–H and O–H groups in total. The summed E-state index contributed by atoms with van der Waals surface area (Å²) in [6, 6.07) is 14.9. The Morgan fingerprint density at radius 1 is 1.12 bits per heavy atom. The molecule has 2 heterocycles. The fraction of sp³-hybridized carbons (Fsp3) is 0.333. The van der Waals surface area contributed by atoms with E-state index in [1.165, 1.54) is 22.5 Å². The third kappa shape index (κ3) is 4.33. The summed E-state index contributed by atoms with van der Waals surface area (Å²) in [6.07, 6.45) is 2.66. The van der Waals surface area contributed by atoms with Crippen LogP contribution >= 0.6 is 0 Å². The second-order valence-electron chi connectivity index (χ2n) is 8.32. The van der Waals surface area contributed by atoms with Gasteiger partial charge in [-0.3, -0.25) is 9.59 Å². The number of hydrogen-bond donors (Lipinski definition) is 2. The SMILES string of the molecule is C[C@H](NC(=O)c1cc(=O)[nH]c2ccc(S(=O)(=O)N3CCCC[C@@H]3C)cc12)c1ccccc1. The van der Waals surface area contributed by atoms with Gasteiger partial charge in [0, 0.05) is 29.6 Å². The Balaban J connectivity index is 1.73. The summed E-state index contributed by atoms with van der Waals surface area (Å²) in [5.74, 6) is -0.432. The molecule has 4 rings (SSSR count). The van der Waals surface area contributed by atoms with Crippen LogP contribution in [0.4, 0.5) is 0 Å². The molecular formula is C24H27N3O4S. The summed E-state index contributed by atoms with van der Waals surface area (Å²) in [5, 5.41) is 3.31. The van der Waals surface area contributed by atoms with Gasteiger partial charge in [-0.2, -0.15) is 4.31 Å². The first-order chi connectivity index (χ1) is 15.3. The number of pyridine rings is 1. The maximum absolute atomic E-state index is 13.3. The van der Waals surface area contributed by atoms with E-state index in [9.17, 15) is 18.0 Å². The van der Waals surface area contributed by atoms with Crippen molar-refractivity contribution in [3.05, 3.63) is 76.1 Å². The molecule has 32 heavy (non-hydrogen) atoms. The predicted molar refractivity (Wildman–Crippen MR) is 124 cm³/mol. The fourth-order valence-corrected chi connectivity index (χ4v) is 5.97. The zero-order chi connectivity index (χ0) is 22.9. The van der Waals surface area contributed by atoms with E-state index in [4.69, 9.17) is 0 Å². The zero-order valence-corrected chi connectivity index (χ0v) is 19.0. The average Bonchev–Trinajstić information content (AvgIpc) is 2.78. The molecule has 2 aromatic carbocycles. The lowest BCUT2D eigenvalue weighted by Crippen LogP contribution is -2.41. The van der Waals surface area contributed by atoms with Gasteiger partial charge >= 0.3 is 0 Å². The lowest BCUT2D eigenvalue weighted by Gasteiger charge is -2.32. The van der Waals surface area contributed by atoms with Gasteiger partial charge in [-0.1, -0.05) is 36.8 Å². The minimum atomic E-state index is -3.71. The van der Waals surface area contributed by atoms with Gasteiger partial charge in [0.2, 0.25) is 15.6 Å². The van der Waals surface area contributed by atoms with Crippen molar-refractivity contribution in [3.8, 4) is 0 Å². The molecule has 1 amide bonds. The number of H-pyrrole nitrogens is 1. The number of hydrogen-bond acceptors (Lipinski definition) is 4. The minimum absolute atomic E-state index is 0.0745. The molecule has 1 saturated heterocycles. The van der Waals surface area contributed by atoms with Crippen LogP contribution in [0.5, 0.6) is 0 Å². The van der Waals surface area contributed by atoms with Crippen LogP contribution in [0.3, 0.4) is 0 Å².